The molecular formula is C14H15F2N3. The number of rotatable bonds is 4. The van der Waals surface area contributed by atoms with E-state index in [4.69, 9.17) is 0 Å². The third-order valence-electron chi connectivity index (χ3n) is 3.80. The van der Waals surface area contributed by atoms with Crippen molar-refractivity contribution in [3.8, 4) is 0 Å². The first-order valence-electron chi connectivity index (χ1n) is 6.41. The molecule has 0 amide bonds. The van der Waals surface area contributed by atoms with Crippen LogP contribution in [0.4, 0.5) is 14.6 Å². The van der Waals surface area contributed by atoms with Crippen molar-refractivity contribution in [3.05, 3.63) is 30.1 Å². The molecule has 0 atom stereocenters. The third-order valence-corrected chi connectivity index (χ3v) is 3.80. The molecule has 0 bridgehead atoms. The van der Waals surface area contributed by atoms with Gasteiger partial charge in [-0.1, -0.05) is 6.92 Å². The maximum atomic E-state index is 13.3. The van der Waals surface area contributed by atoms with Crippen LogP contribution in [0.15, 0.2) is 18.5 Å². The number of fused-ring (bicyclic) bond motifs is 1. The summed E-state index contributed by atoms with van der Waals surface area (Å²) >= 11 is 0. The van der Waals surface area contributed by atoms with Gasteiger partial charge in [-0.3, -0.25) is 0 Å². The highest BCUT2D eigenvalue weighted by molar-refractivity contribution is 5.88. The number of nitrogens with one attached hydrogen (secondary N) is 1. The molecule has 1 heterocycles. The highest BCUT2D eigenvalue weighted by Crippen LogP contribution is 2.47. The Kier molecular flexibility index (Phi) is 2.84. The minimum Gasteiger partial charge on any atom is -0.369 e. The zero-order valence-corrected chi connectivity index (χ0v) is 10.7. The van der Waals surface area contributed by atoms with E-state index >= 15 is 0 Å². The average molecular weight is 263 g/mol. The number of halogens is 2. The van der Waals surface area contributed by atoms with Gasteiger partial charge in [-0.15, -0.1) is 0 Å². The third kappa shape index (κ3) is 2.50. The number of anilines is 1. The summed E-state index contributed by atoms with van der Waals surface area (Å²) in [5.74, 6) is -1.20. The lowest BCUT2D eigenvalue weighted by atomic mass is 10.1. The van der Waals surface area contributed by atoms with E-state index in [1.807, 2.05) is 0 Å². The second-order valence-corrected chi connectivity index (χ2v) is 5.49. The summed E-state index contributed by atoms with van der Waals surface area (Å²) in [4.78, 5) is 8.06. The van der Waals surface area contributed by atoms with Crippen LogP contribution >= 0.6 is 0 Å². The molecule has 3 rings (SSSR count). The molecule has 1 aromatic heterocycles. The van der Waals surface area contributed by atoms with Crippen molar-refractivity contribution in [3.63, 3.8) is 0 Å². The number of hydrogen-bond donors (Lipinski definition) is 1. The van der Waals surface area contributed by atoms with Crippen molar-refractivity contribution in [1.82, 2.24) is 9.97 Å². The molecule has 0 radical (unpaired) electrons. The topological polar surface area (TPSA) is 37.8 Å². The van der Waals surface area contributed by atoms with Crippen molar-refractivity contribution >= 4 is 16.7 Å². The maximum absolute atomic E-state index is 13.3. The van der Waals surface area contributed by atoms with E-state index < -0.39 is 11.6 Å². The van der Waals surface area contributed by atoms with E-state index in [-0.39, 0.29) is 0 Å². The number of nitrogens with zero attached hydrogens (tertiary/aromatic N) is 2. The predicted molar refractivity (Wildman–Crippen MR) is 69.9 cm³/mol. The second-order valence-electron chi connectivity index (χ2n) is 5.49. The fraction of sp³-hybridized carbons (Fsp3) is 0.429. The van der Waals surface area contributed by atoms with E-state index in [0.29, 0.717) is 22.1 Å². The van der Waals surface area contributed by atoms with Crippen molar-refractivity contribution in [2.45, 2.75) is 26.2 Å². The first-order chi connectivity index (χ1) is 9.07. The second kappa shape index (κ2) is 4.40. The number of hydrogen-bond acceptors (Lipinski definition) is 3. The van der Waals surface area contributed by atoms with E-state index in [2.05, 4.69) is 22.2 Å². The first-order valence-corrected chi connectivity index (χ1v) is 6.41. The van der Waals surface area contributed by atoms with Crippen molar-refractivity contribution in [2.24, 2.45) is 5.41 Å². The van der Waals surface area contributed by atoms with Gasteiger partial charge in [0, 0.05) is 18.0 Å². The predicted octanol–water partition coefficient (Wildman–Crippen LogP) is 3.51. The summed E-state index contributed by atoms with van der Waals surface area (Å²) in [6, 6.07) is 2.24. The quantitative estimate of drug-likeness (QED) is 0.917. The zero-order chi connectivity index (χ0) is 13.5. The molecular weight excluding hydrogens is 248 g/mol. The van der Waals surface area contributed by atoms with E-state index in [1.165, 1.54) is 19.2 Å². The van der Waals surface area contributed by atoms with Gasteiger partial charge < -0.3 is 5.32 Å². The molecule has 0 saturated heterocycles. The van der Waals surface area contributed by atoms with Crippen LogP contribution in [0.2, 0.25) is 0 Å². The molecule has 1 aliphatic rings. The molecule has 1 fully saturated rings. The molecule has 0 unspecified atom stereocenters. The average Bonchev–Trinajstić information content (AvgIpc) is 3.10. The Morgan fingerprint density at radius 3 is 2.68 bits per heavy atom. The summed E-state index contributed by atoms with van der Waals surface area (Å²) in [7, 11) is 0. The van der Waals surface area contributed by atoms with Gasteiger partial charge >= 0.3 is 0 Å². The van der Waals surface area contributed by atoms with Crippen LogP contribution < -0.4 is 5.32 Å². The zero-order valence-electron chi connectivity index (χ0n) is 10.7. The highest BCUT2D eigenvalue weighted by Gasteiger charge is 2.36. The van der Waals surface area contributed by atoms with Gasteiger partial charge in [-0.25, -0.2) is 18.7 Å². The van der Waals surface area contributed by atoms with Crippen molar-refractivity contribution in [1.29, 1.82) is 0 Å². The monoisotopic (exact) mass is 263 g/mol. The molecule has 19 heavy (non-hydrogen) atoms. The van der Waals surface area contributed by atoms with Gasteiger partial charge in [0.05, 0.1) is 5.52 Å². The molecule has 1 aromatic carbocycles. The van der Waals surface area contributed by atoms with Crippen LogP contribution in [-0.4, -0.2) is 16.5 Å². The summed E-state index contributed by atoms with van der Waals surface area (Å²) in [5.41, 5.74) is 0.863. The molecule has 1 aliphatic carbocycles. The van der Waals surface area contributed by atoms with Gasteiger partial charge in [-0.2, -0.15) is 0 Å². The van der Waals surface area contributed by atoms with Gasteiger partial charge in [0.1, 0.15) is 12.1 Å². The molecule has 0 aliphatic heterocycles. The molecule has 5 heteroatoms. The lowest BCUT2D eigenvalue weighted by Gasteiger charge is -2.11. The SMILES string of the molecule is CC1(CCNc2ncnc3cc(F)c(F)cc23)CC1. The maximum Gasteiger partial charge on any atom is 0.161 e. The van der Waals surface area contributed by atoms with Crippen molar-refractivity contribution < 1.29 is 8.78 Å². The minimum atomic E-state index is -0.886. The molecule has 1 N–H and O–H groups in total. The van der Waals surface area contributed by atoms with Crippen LogP contribution in [0.25, 0.3) is 10.9 Å². The fourth-order valence-corrected chi connectivity index (χ4v) is 2.14. The Hall–Kier alpha value is -1.78. The van der Waals surface area contributed by atoms with E-state index in [9.17, 15) is 8.78 Å². The van der Waals surface area contributed by atoms with Gasteiger partial charge in [0.15, 0.2) is 11.6 Å². The minimum absolute atomic E-state index is 0.411. The smallest absolute Gasteiger partial charge is 0.161 e. The Balaban J connectivity index is 1.83. The Bertz CT molecular complexity index is 623. The molecule has 100 valence electrons. The van der Waals surface area contributed by atoms with Gasteiger partial charge in [-0.05, 0) is 30.7 Å². The Labute approximate surface area is 110 Å². The lowest BCUT2D eigenvalue weighted by molar-refractivity contribution is 0.510. The number of benzene rings is 1. The molecule has 0 spiro atoms. The first kappa shape index (κ1) is 12.3. The van der Waals surface area contributed by atoms with E-state index in [0.717, 1.165) is 25.1 Å². The largest absolute Gasteiger partial charge is 0.369 e. The molecule has 2 aromatic rings. The molecule has 3 nitrogen and oxygen atoms in total. The normalized spacial score (nSPS) is 16.6. The standard InChI is InChI=1S/C14H15F2N3/c1-14(2-3-14)4-5-17-13-9-6-10(15)11(16)7-12(9)18-8-19-13/h6-8H,2-5H2,1H3,(H,17,18,19). The van der Waals surface area contributed by atoms with Crippen molar-refractivity contribution in [2.75, 3.05) is 11.9 Å². The summed E-state index contributed by atoms with van der Waals surface area (Å²) in [6.07, 6.45) is 4.95. The van der Waals surface area contributed by atoms with Crippen LogP contribution in [-0.2, 0) is 0 Å². The Morgan fingerprint density at radius 2 is 1.95 bits per heavy atom. The van der Waals surface area contributed by atoms with E-state index in [1.54, 1.807) is 0 Å². The Morgan fingerprint density at radius 1 is 1.21 bits per heavy atom. The summed E-state index contributed by atoms with van der Waals surface area (Å²) in [6.45, 7) is 3.03. The van der Waals surface area contributed by atoms with Crippen LogP contribution in [0.3, 0.4) is 0 Å². The van der Waals surface area contributed by atoms with Crippen LogP contribution in [0.1, 0.15) is 26.2 Å². The fourth-order valence-electron chi connectivity index (χ4n) is 2.14. The van der Waals surface area contributed by atoms with Gasteiger partial charge in [0.25, 0.3) is 0 Å². The van der Waals surface area contributed by atoms with Gasteiger partial charge in [0.2, 0.25) is 0 Å². The molecule has 1 saturated carbocycles. The summed E-state index contributed by atoms with van der Waals surface area (Å²) < 4.78 is 26.4. The van der Waals surface area contributed by atoms with Crippen LogP contribution in [0.5, 0.6) is 0 Å². The highest BCUT2D eigenvalue weighted by atomic mass is 19.2. The lowest BCUT2D eigenvalue weighted by Crippen LogP contribution is -2.09. The number of aromatic nitrogens is 2. The summed E-state index contributed by atoms with van der Waals surface area (Å²) in [5, 5.41) is 3.71. The van der Waals surface area contributed by atoms with Crippen LogP contribution in [0, 0.1) is 17.0 Å².